The van der Waals surface area contributed by atoms with Crippen LogP contribution in [0, 0.1) is 5.92 Å². The molecular weight excluding hydrogens is 276 g/mol. The summed E-state index contributed by atoms with van der Waals surface area (Å²) in [5.41, 5.74) is 0. The molecule has 0 radical (unpaired) electrons. The number of hydrogen-bond donors (Lipinski definition) is 3. The predicted molar refractivity (Wildman–Crippen MR) is 78.9 cm³/mol. The van der Waals surface area contributed by atoms with Crippen molar-refractivity contribution in [2.45, 2.75) is 32.1 Å². The third-order valence-electron chi connectivity index (χ3n) is 3.14. The summed E-state index contributed by atoms with van der Waals surface area (Å²) in [5, 5.41) is 15.1. The average Bonchev–Trinajstić information content (AvgIpc) is 3.19. The highest BCUT2D eigenvalue weighted by atomic mass is 32.1. The van der Waals surface area contributed by atoms with Crippen LogP contribution < -0.4 is 10.6 Å². The van der Waals surface area contributed by atoms with Gasteiger partial charge in [0.2, 0.25) is 5.91 Å². The van der Waals surface area contributed by atoms with Crippen LogP contribution >= 0.6 is 11.3 Å². The standard InChI is InChI=1S/C14H20N2O3S/c17-9-3-1-2-8-15-14(19)11-6-7-12(20-11)16-13(18)10-4-5-10/h6-7,10,17H,1-5,8-9H2,(H,15,19)(H,16,18). The van der Waals surface area contributed by atoms with Crippen molar-refractivity contribution >= 4 is 28.2 Å². The lowest BCUT2D eigenvalue weighted by atomic mass is 10.2. The van der Waals surface area contributed by atoms with Crippen LogP contribution in [0.1, 0.15) is 41.8 Å². The van der Waals surface area contributed by atoms with Crippen LogP contribution in [0.15, 0.2) is 12.1 Å². The first kappa shape index (κ1) is 15.0. The molecule has 1 aliphatic carbocycles. The maximum absolute atomic E-state index is 11.9. The molecule has 0 unspecified atom stereocenters. The molecule has 1 aliphatic rings. The Labute approximate surface area is 122 Å². The number of anilines is 1. The normalized spacial score (nSPS) is 14.1. The van der Waals surface area contributed by atoms with Crippen molar-refractivity contribution in [1.29, 1.82) is 0 Å². The fraction of sp³-hybridized carbons (Fsp3) is 0.571. The van der Waals surface area contributed by atoms with Gasteiger partial charge in [-0.1, -0.05) is 0 Å². The SMILES string of the molecule is O=C(NCCCCCO)c1ccc(NC(=O)C2CC2)s1. The van der Waals surface area contributed by atoms with Gasteiger partial charge in [0.1, 0.15) is 0 Å². The van der Waals surface area contributed by atoms with E-state index in [1.54, 1.807) is 12.1 Å². The van der Waals surface area contributed by atoms with Gasteiger partial charge < -0.3 is 15.7 Å². The molecule has 1 heterocycles. The van der Waals surface area contributed by atoms with E-state index in [9.17, 15) is 9.59 Å². The van der Waals surface area contributed by atoms with E-state index in [0.29, 0.717) is 11.4 Å². The Hall–Kier alpha value is -1.40. The summed E-state index contributed by atoms with van der Waals surface area (Å²) in [6.45, 7) is 0.809. The molecule has 110 valence electrons. The van der Waals surface area contributed by atoms with Gasteiger partial charge >= 0.3 is 0 Å². The molecule has 20 heavy (non-hydrogen) atoms. The average molecular weight is 296 g/mol. The second-order valence-corrected chi connectivity index (χ2v) is 6.05. The zero-order valence-corrected chi connectivity index (χ0v) is 12.2. The number of carbonyl (C=O) groups excluding carboxylic acids is 2. The van der Waals surface area contributed by atoms with Gasteiger partial charge in [-0.3, -0.25) is 9.59 Å². The van der Waals surface area contributed by atoms with Crippen molar-refractivity contribution in [3.8, 4) is 0 Å². The summed E-state index contributed by atoms with van der Waals surface area (Å²) >= 11 is 1.30. The molecule has 5 nitrogen and oxygen atoms in total. The molecule has 0 atom stereocenters. The quantitative estimate of drug-likeness (QED) is 0.642. The first-order chi connectivity index (χ1) is 9.70. The second kappa shape index (κ2) is 7.40. The van der Waals surface area contributed by atoms with Crippen molar-refractivity contribution in [2.24, 2.45) is 5.92 Å². The minimum Gasteiger partial charge on any atom is -0.396 e. The molecule has 1 aromatic rings. The lowest BCUT2D eigenvalue weighted by molar-refractivity contribution is -0.117. The van der Waals surface area contributed by atoms with Crippen LogP contribution in [0.2, 0.25) is 0 Å². The molecule has 6 heteroatoms. The largest absolute Gasteiger partial charge is 0.396 e. The molecule has 2 rings (SSSR count). The van der Waals surface area contributed by atoms with Crippen molar-refractivity contribution in [1.82, 2.24) is 5.32 Å². The van der Waals surface area contributed by atoms with Crippen molar-refractivity contribution in [3.63, 3.8) is 0 Å². The van der Waals surface area contributed by atoms with E-state index in [2.05, 4.69) is 10.6 Å². The topological polar surface area (TPSA) is 78.4 Å². The van der Waals surface area contributed by atoms with Crippen molar-refractivity contribution in [2.75, 3.05) is 18.5 Å². The number of unbranched alkanes of at least 4 members (excludes halogenated alkanes) is 2. The molecule has 0 aromatic carbocycles. The highest BCUT2D eigenvalue weighted by Crippen LogP contribution is 2.31. The minimum absolute atomic E-state index is 0.0582. The predicted octanol–water partition coefficient (Wildman–Crippen LogP) is 1.99. The van der Waals surface area contributed by atoms with Gasteiger partial charge in [-0.25, -0.2) is 0 Å². The minimum atomic E-state index is -0.106. The van der Waals surface area contributed by atoms with Gasteiger partial charge in [-0.15, -0.1) is 11.3 Å². The summed E-state index contributed by atoms with van der Waals surface area (Å²) in [7, 11) is 0. The monoisotopic (exact) mass is 296 g/mol. The third kappa shape index (κ3) is 4.61. The van der Waals surface area contributed by atoms with Gasteiger partial charge in [0, 0.05) is 19.1 Å². The van der Waals surface area contributed by atoms with E-state index in [1.165, 1.54) is 11.3 Å². The summed E-state index contributed by atoms with van der Waals surface area (Å²) in [5.74, 6) is 0.120. The Morgan fingerprint density at radius 1 is 1.25 bits per heavy atom. The van der Waals surface area contributed by atoms with Crippen LogP contribution in [0.3, 0.4) is 0 Å². The maximum atomic E-state index is 11.9. The van der Waals surface area contributed by atoms with Gasteiger partial charge in [-0.05, 0) is 44.2 Å². The molecule has 1 saturated carbocycles. The number of rotatable bonds is 8. The summed E-state index contributed by atoms with van der Waals surface area (Å²) in [6, 6.07) is 3.50. The molecule has 1 fully saturated rings. The molecule has 0 bridgehead atoms. The van der Waals surface area contributed by atoms with Gasteiger partial charge in [0.05, 0.1) is 9.88 Å². The highest BCUT2D eigenvalue weighted by Gasteiger charge is 2.29. The number of nitrogens with one attached hydrogen (secondary N) is 2. The Bertz CT molecular complexity index is 469. The van der Waals surface area contributed by atoms with Gasteiger partial charge in [0.25, 0.3) is 5.91 Å². The molecule has 0 saturated heterocycles. The van der Waals surface area contributed by atoms with E-state index >= 15 is 0 Å². The van der Waals surface area contributed by atoms with Crippen molar-refractivity contribution < 1.29 is 14.7 Å². The Morgan fingerprint density at radius 2 is 2.05 bits per heavy atom. The molecule has 2 amide bonds. The maximum Gasteiger partial charge on any atom is 0.261 e. The zero-order chi connectivity index (χ0) is 14.4. The molecule has 1 aromatic heterocycles. The third-order valence-corrected chi connectivity index (χ3v) is 4.14. The van der Waals surface area contributed by atoms with Crippen LogP contribution in [-0.2, 0) is 4.79 Å². The van der Waals surface area contributed by atoms with E-state index in [-0.39, 0.29) is 24.3 Å². The number of amides is 2. The first-order valence-corrected chi connectivity index (χ1v) is 7.82. The first-order valence-electron chi connectivity index (χ1n) is 7.00. The number of aliphatic hydroxyl groups excluding tert-OH is 1. The highest BCUT2D eigenvalue weighted by molar-refractivity contribution is 7.18. The van der Waals surface area contributed by atoms with Crippen LogP contribution in [0.25, 0.3) is 0 Å². The van der Waals surface area contributed by atoms with Crippen LogP contribution in [-0.4, -0.2) is 30.1 Å². The fourth-order valence-corrected chi connectivity index (χ4v) is 2.62. The lowest BCUT2D eigenvalue weighted by Crippen LogP contribution is -2.23. The lowest BCUT2D eigenvalue weighted by Gasteiger charge is -2.03. The van der Waals surface area contributed by atoms with E-state index < -0.39 is 0 Å². The number of hydrogen-bond acceptors (Lipinski definition) is 4. The van der Waals surface area contributed by atoms with Gasteiger partial charge in [-0.2, -0.15) is 0 Å². The van der Waals surface area contributed by atoms with E-state index in [1.807, 2.05) is 0 Å². The second-order valence-electron chi connectivity index (χ2n) is 4.97. The Kier molecular flexibility index (Phi) is 5.55. The summed E-state index contributed by atoms with van der Waals surface area (Å²) in [6.07, 6.45) is 4.48. The van der Waals surface area contributed by atoms with E-state index in [4.69, 9.17) is 5.11 Å². The molecule has 0 aliphatic heterocycles. The Balaban J connectivity index is 1.73. The van der Waals surface area contributed by atoms with Gasteiger partial charge in [0.15, 0.2) is 0 Å². The number of thiophene rings is 1. The molecular formula is C14H20N2O3S. The fourth-order valence-electron chi connectivity index (χ4n) is 1.80. The molecule has 3 N–H and O–H groups in total. The smallest absolute Gasteiger partial charge is 0.261 e. The summed E-state index contributed by atoms with van der Waals surface area (Å²) < 4.78 is 0. The summed E-state index contributed by atoms with van der Waals surface area (Å²) in [4.78, 5) is 24.1. The zero-order valence-electron chi connectivity index (χ0n) is 11.4. The number of aliphatic hydroxyl groups is 1. The van der Waals surface area contributed by atoms with Crippen molar-refractivity contribution in [3.05, 3.63) is 17.0 Å². The van der Waals surface area contributed by atoms with Crippen LogP contribution in [0.4, 0.5) is 5.00 Å². The van der Waals surface area contributed by atoms with Crippen LogP contribution in [0.5, 0.6) is 0 Å². The molecule has 0 spiro atoms. The Morgan fingerprint density at radius 3 is 2.75 bits per heavy atom. The number of carbonyl (C=O) groups is 2. The van der Waals surface area contributed by atoms with E-state index in [0.717, 1.165) is 37.1 Å².